The van der Waals surface area contributed by atoms with Gasteiger partial charge in [-0.3, -0.25) is 4.79 Å². The van der Waals surface area contributed by atoms with Crippen molar-refractivity contribution >= 4 is 5.91 Å². The van der Waals surface area contributed by atoms with Crippen LogP contribution in [-0.4, -0.2) is 42.4 Å². The highest BCUT2D eigenvalue weighted by molar-refractivity contribution is 5.94. The van der Waals surface area contributed by atoms with Crippen molar-refractivity contribution in [2.45, 2.75) is 39.2 Å². The van der Waals surface area contributed by atoms with Gasteiger partial charge in [0.15, 0.2) is 5.69 Å². The van der Waals surface area contributed by atoms with Gasteiger partial charge in [-0.2, -0.15) is 10.2 Å². The second-order valence-corrected chi connectivity index (χ2v) is 8.40. The van der Waals surface area contributed by atoms with E-state index in [1.165, 1.54) is 11.9 Å². The molecule has 2 aromatic heterocycles. The molecule has 1 atom stereocenters. The average Bonchev–Trinajstić information content (AvgIpc) is 3.57. The van der Waals surface area contributed by atoms with Gasteiger partial charge in [-0.25, -0.2) is 14.3 Å². The second kappa shape index (κ2) is 8.07. The second-order valence-electron chi connectivity index (χ2n) is 8.40. The van der Waals surface area contributed by atoms with Crippen LogP contribution in [0.2, 0.25) is 0 Å². The first-order valence-electron chi connectivity index (χ1n) is 10.9. The molecule has 0 saturated carbocycles. The van der Waals surface area contributed by atoms with Gasteiger partial charge in [-0.1, -0.05) is 29.8 Å². The maximum absolute atomic E-state index is 13.5. The lowest BCUT2D eigenvalue weighted by Crippen LogP contribution is -2.30. The van der Waals surface area contributed by atoms with Gasteiger partial charge >= 0.3 is 0 Å². The molecule has 0 bridgehead atoms. The number of nitrogens with zero attached hydrogens (tertiary/aromatic N) is 6. The Labute approximate surface area is 187 Å². The van der Waals surface area contributed by atoms with E-state index in [0.29, 0.717) is 5.69 Å². The summed E-state index contributed by atoms with van der Waals surface area (Å²) in [6, 6.07) is 16.2. The van der Waals surface area contributed by atoms with Gasteiger partial charge in [0.25, 0.3) is 5.91 Å². The fourth-order valence-electron chi connectivity index (χ4n) is 4.32. The predicted molar refractivity (Wildman–Crippen MR) is 122 cm³/mol. The monoisotopic (exact) mass is 426 g/mol. The zero-order valence-electron chi connectivity index (χ0n) is 18.6. The van der Waals surface area contributed by atoms with E-state index in [0.717, 1.165) is 47.5 Å². The van der Waals surface area contributed by atoms with Crippen LogP contribution in [0.1, 0.15) is 52.3 Å². The molecule has 0 spiro atoms. The minimum atomic E-state index is -0.0890. The van der Waals surface area contributed by atoms with Crippen LogP contribution in [-0.2, 0) is 12.8 Å². The topological polar surface area (TPSA) is 68.8 Å². The standard InChI is InChI=1S/C25H26N6O/c1-17-7-11-21(12-8-17)31-23-6-4-5-22(23)24(28-31)25(32)29(3)18(2)19-9-13-20(14-10-19)30-16-26-15-27-30/h7-16,18H,4-6H2,1-3H3. The number of fused-ring (bicyclic) bond motifs is 1. The number of aryl methyl sites for hydroxylation is 1. The molecule has 162 valence electrons. The lowest BCUT2D eigenvalue weighted by Gasteiger charge is -2.25. The molecule has 4 aromatic rings. The van der Waals surface area contributed by atoms with Crippen LogP contribution < -0.4 is 0 Å². The van der Waals surface area contributed by atoms with Crippen molar-refractivity contribution in [3.63, 3.8) is 0 Å². The summed E-state index contributed by atoms with van der Waals surface area (Å²) in [5.41, 5.74) is 7.03. The van der Waals surface area contributed by atoms with Gasteiger partial charge in [-0.05, 0) is 62.9 Å². The molecule has 5 rings (SSSR count). The van der Waals surface area contributed by atoms with E-state index in [2.05, 4.69) is 41.3 Å². The van der Waals surface area contributed by atoms with E-state index in [1.54, 1.807) is 15.9 Å². The van der Waals surface area contributed by atoms with Gasteiger partial charge in [0, 0.05) is 18.3 Å². The van der Waals surface area contributed by atoms with Crippen molar-refractivity contribution in [1.82, 2.24) is 29.4 Å². The van der Waals surface area contributed by atoms with Crippen LogP contribution in [0.15, 0.2) is 61.2 Å². The Balaban J connectivity index is 1.41. The molecule has 7 nitrogen and oxygen atoms in total. The average molecular weight is 427 g/mol. The van der Waals surface area contributed by atoms with E-state index >= 15 is 0 Å². The molecule has 0 radical (unpaired) electrons. The van der Waals surface area contributed by atoms with Gasteiger partial charge in [0.1, 0.15) is 12.7 Å². The van der Waals surface area contributed by atoms with Gasteiger partial charge in [0.2, 0.25) is 0 Å². The normalized spacial score (nSPS) is 13.7. The first kappa shape index (κ1) is 20.2. The molecule has 0 saturated heterocycles. The van der Waals surface area contributed by atoms with Crippen LogP contribution in [0.5, 0.6) is 0 Å². The van der Waals surface area contributed by atoms with Gasteiger partial charge in [-0.15, -0.1) is 0 Å². The number of amides is 1. The zero-order chi connectivity index (χ0) is 22.2. The number of aromatic nitrogens is 5. The Kier molecular flexibility index (Phi) is 5.09. The lowest BCUT2D eigenvalue weighted by molar-refractivity contribution is 0.0735. The Bertz CT molecular complexity index is 1240. The number of rotatable bonds is 5. The van der Waals surface area contributed by atoms with E-state index in [4.69, 9.17) is 5.10 Å². The van der Waals surface area contributed by atoms with Crippen LogP contribution in [0.3, 0.4) is 0 Å². The third kappa shape index (κ3) is 3.49. The fraction of sp³-hybridized carbons (Fsp3) is 0.280. The molecule has 1 amide bonds. The molecule has 2 heterocycles. The first-order chi connectivity index (χ1) is 15.5. The van der Waals surface area contributed by atoms with Crippen molar-refractivity contribution < 1.29 is 4.79 Å². The predicted octanol–water partition coefficient (Wildman–Crippen LogP) is 4.08. The van der Waals surface area contributed by atoms with Crippen LogP contribution in [0.25, 0.3) is 11.4 Å². The van der Waals surface area contributed by atoms with E-state index in [-0.39, 0.29) is 11.9 Å². The van der Waals surface area contributed by atoms with E-state index < -0.39 is 0 Å². The molecule has 2 aromatic carbocycles. The summed E-state index contributed by atoms with van der Waals surface area (Å²) in [5, 5.41) is 8.94. The van der Waals surface area contributed by atoms with Gasteiger partial charge < -0.3 is 4.90 Å². The molecule has 1 aliphatic rings. The lowest BCUT2D eigenvalue weighted by atomic mass is 10.1. The van der Waals surface area contributed by atoms with E-state index in [9.17, 15) is 4.79 Å². The van der Waals surface area contributed by atoms with Crippen molar-refractivity contribution in [1.29, 1.82) is 0 Å². The Morgan fingerprint density at radius 3 is 2.44 bits per heavy atom. The maximum atomic E-state index is 13.5. The van der Waals surface area contributed by atoms with Crippen LogP contribution in [0, 0.1) is 6.92 Å². The SMILES string of the molecule is Cc1ccc(-n2nc(C(=O)N(C)C(C)c3ccc(-n4cncn4)cc3)c3c2CCC3)cc1. The molecular weight excluding hydrogens is 400 g/mol. The molecule has 32 heavy (non-hydrogen) atoms. The summed E-state index contributed by atoms with van der Waals surface area (Å²) in [7, 11) is 1.85. The summed E-state index contributed by atoms with van der Waals surface area (Å²) in [4.78, 5) is 19.3. The fourth-order valence-corrected chi connectivity index (χ4v) is 4.32. The summed E-state index contributed by atoms with van der Waals surface area (Å²) in [5.74, 6) is -0.0399. The minimum Gasteiger partial charge on any atom is -0.334 e. The minimum absolute atomic E-state index is 0.0399. The molecular formula is C25H26N6O. The maximum Gasteiger partial charge on any atom is 0.274 e. The largest absolute Gasteiger partial charge is 0.334 e. The summed E-state index contributed by atoms with van der Waals surface area (Å²) in [6.07, 6.45) is 6.09. The number of hydrogen-bond acceptors (Lipinski definition) is 4. The summed E-state index contributed by atoms with van der Waals surface area (Å²) in [6.45, 7) is 4.11. The van der Waals surface area contributed by atoms with Crippen molar-refractivity contribution in [2.24, 2.45) is 0 Å². The van der Waals surface area contributed by atoms with Crippen molar-refractivity contribution in [2.75, 3.05) is 7.05 Å². The van der Waals surface area contributed by atoms with Crippen LogP contribution in [0.4, 0.5) is 0 Å². The summed E-state index contributed by atoms with van der Waals surface area (Å²) >= 11 is 0. The molecule has 0 aliphatic heterocycles. The molecule has 1 unspecified atom stereocenters. The van der Waals surface area contributed by atoms with Crippen molar-refractivity contribution in [3.05, 3.63) is 89.3 Å². The number of hydrogen-bond donors (Lipinski definition) is 0. The third-order valence-electron chi connectivity index (χ3n) is 6.37. The molecule has 1 aliphatic carbocycles. The Morgan fingerprint density at radius 1 is 1.03 bits per heavy atom. The Morgan fingerprint density at radius 2 is 1.75 bits per heavy atom. The zero-order valence-corrected chi connectivity index (χ0v) is 18.6. The highest BCUT2D eigenvalue weighted by atomic mass is 16.2. The third-order valence-corrected chi connectivity index (χ3v) is 6.37. The van der Waals surface area contributed by atoms with Gasteiger partial charge in [0.05, 0.1) is 17.4 Å². The highest BCUT2D eigenvalue weighted by Crippen LogP contribution is 2.30. The first-order valence-corrected chi connectivity index (χ1v) is 10.9. The van der Waals surface area contributed by atoms with Crippen molar-refractivity contribution in [3.8, 4) is 11.4 Å². The molecule has 0 N–H and O–H groups in total. The van der Waals surface area contributed by atoms with E-state index in [1.807, 2.05) is 42.9 Å². The number of carbonyl (C=O) groups excluding carboxylic acids is 1. The Hall–Kier alpha value is -3.74. The molecule has 7 heteroatoms. The highest BCUT2D eigenvalue weighted by Gasteiger charge is 2.30. The molecule has 0 fully saturated rings. The quantitative estimate of drug-likeness (QED) is 0.482. The number of carbonyl (C=O) groups is 1. The number of benzene rings is 2. The smallest absolute Gasteiger partial charge is 0.274 e. The van der Waals surface area contributed by atoms with Crippen LogP contribution >= 0.6 is 0 Å². The summed E-state index contributed by atoms with van der Waals surface area (Å²) < 4.78 is 3.67.